The summed E-state index contributed by atoms with van der Waals surface area (Å²) in [6, 6.07) is 19.5. The van der Waals surface area contributed by atoms with E-state index in [0.29, 0.717) is 11.6 Å². The van der Waals surface area contributed by atoms with E-state index >= 15 is 0 Å². The second-order valence-corrected chi connectivity index (χ2v) is 4.40. The Kier molecular flexibility index (Phi) is 2.35. The zero-order valence-corrected chi connectivity index (χ0v) is 10.5. The minimum atomic E-state index is 0.590. The van der Waals surface area contributed by atoms with Crippen molar-refractivity contribution < 1.29 is 4.42 Å². The van der Waals surface area contributed by atoms with E-state index in [0.717, 1.165) is 16.7 Å². The van der Waals surface area contributed by atoms with Gasteiger partial charge in [-0.1, -0.05) is 36.4 Å². The van der Waals surface area contributed by atoms with Crippen LogP contribution in [0.15, 0.2) is 65.1 Å². The van der Waals surface area contributed by atoms with E-state index in [1.165, 1.54) is 0 Å². The van der Waals surface area contributed by atoms with Crippen molar-refractivity contribution in [2.45, 2.75) is 0 Å². The van der Waals surface area contributed by atoms with Crippen LogP contribution in [0.1, 0.15) is 0 Å². The molecular weight excluding hydrogens is 252 g/mol. The van der Waals surface area contributed by atoms with Gasteiger partial charge in [-0.2, -0.15) is 4.68 Å². The van der Waals surface area contributed by atoms with Gasteiger partial charge in [-0.3, -0.25) is 0 Å². The number of para-hydroxylation sites is 2. The van der Waals surface area contributed by atoms with Gasteiger partial charge in [0.2, 0.25) is 5.82 Å². The van der Waals surface area contributed by atoms with Crippen LogP contribution in [0.2, 0.25) is 0 Å². The number of nitrogens with zero attached hydrogens (tertiary/aromatic N) is 4. The number of rotatable bonds is 2. The third-order valence-electron chi connectivity index (χ3n) is 3.12. The zero-order valence-electron chi connectivity index (χ0n) is 10.5. The maximum absolute atomic E-state index is 5.81. The van der Waals surface area contributed by atoms with Gasteiger partial charge in [-0.05, 0) is 34.7 Å². The lowest BCUT2D eigenvalue weighted by molar-refractivity contribution is 0.621. The normalized spacial score (nSPS) is 11.0. The highest BCUT2D eigenvalue weighted by molar-refractivity contribution is 5.81. The van der Waals surface area contributed by atoms with E-state index in [1.807, 2.05) is 60.7 Å². The summed E-state index contributed by atoms with van der Waals surface area (Å²) < 4.78 is 7.48. The van der Waals surface area contributed by atoms with E-state index in [9.17, 15) is 0 Å². The molecule has 0 aliphatic heterocycles. The highest BCUT2D eigenvalue weighted by Crippen LogP contribution is 2.26. The quantitative estimate of drug-likeness (QED) is 0.557. The van der Waals surface area contributed by atoms with E-state index in [-0.39, 0.29) is 0 Å². The second-order valence-electron chi connectivity index (χ2n) is 4.40. The Balaban J connectivity index is 1.89. The molecule has 0 radical (unpaired) electrons. The minimum Gasteiger partial charge on any atom is -0.453 e. The van der Waals surface area contributed by atoms with Gasteiger partial charge in [-0.25, -0.2) is 0 Å². The Hall–Kier alpha value is -2.95. The summed E-state index contributed by atoms with van der Waals surface area (Å²) in [7, 11) is 0. The number of furan rings is 1. The third kappa shape index (κ3) is 1.68. The van der Waals surface area contributed by atoms with E-state index in [1.54, 1.807) is 4.68 Å². The van der Waals surface area contributed by atoms with Gasteiger partial charge in [0, 0.05) is 5.39 Å². The molecule has 5 heteroatoms. The van der Waals surface area contributed by atoms with Crippen molar-refractivity contribution in [3.8, 4) is 17.3 Å². The first-order chi connectivity index (χ1) is 9.92. The lowest BCUT2D eigenvalue weighted by atomic mass is 10.2. The predicted octanol–water partition coefficient (Wildman–Crippen LogP) is 3.08. The highest BCUT2D eigenvalue weighted by Gasteiger charge is 2.14. The number of benzene rings is 2. The fraction of sp³-hybridized carbons (Fsp3) is 0. The monoisotopic (exact) mass is 262 g/mol. The molecule has 0 aliphatic carbocycles. The van der Waals surface area contributed by atoms with Crippen LogP contribution >= 0.6 is 0 Å². The summed E-state index contributed by atoms with van der Waals surface area (Å²) in [6.07, 6.45) is 0. The average Bonchev–Trinajstić information content (AvgIpc) is 3.14. The Morgan fingerprint density at radius 2 is 1.70 bits per heavy atom. The minimum absolute atomic E-state index is 0.590. The maximum atomic E-state index is 5.81. The molecule has 0 spiro atoms. The van der Waals surface area contributed by atoms with Gasteiger partial charge in [0.25, 0.3) is 0 Å². The molecular formula is C15H10N4O. The highest BCUT2D eigenvalue weighted by atomic mass is 16.3. The van der Waals surface area contributed by atoms with Crippen molar-refractivity contribution in [3.05, 3.63) is 60.7 Å². The molecule has 4 rings (SSSR count). The molecule has 2 aromatic carbocycles. The molecule has 0 amide bonds. The Morgan fingerprint density at radius 3 is 2.55 bits per heavy atom. The van der Waals surface area contributed by atoms with Gasteiger partial charge >= 0.3 is 0 Å². The molecule has 0 aliphatic rings. The number of tetrazole rings is 1. The molecule has 0 saturated heterocycles. The van der Waals surface area contributed by atoms with Crippen LogP contribution in [-0.4, -0.2) is 20.2 Å². The smallest absolute Gasteiger partial charge is 0.222 e. The summed E-state index contributed by atoms with van der Waals surface area (Å²) in [4.78, 5) is 0. The van der Waals surface area contributed by atoms with Crippen molar-refractivity contribution in [3.63, 3.8) is 0 Å². The maximum Gasteiger partial charge on any atom is 0.222 e. The molecule has 5 nitrogen and oxygen atoms in total. The molecule has 20 heavy (non-hydrogen) atoms. The van der Waals surface area contributed by atoms with Crippen LogP contribution in [-0.2, 0) is 0 Å². The van der Waals surface area contributed by atoms with Gasteiger partial charge in [0.1, 0.15) is 5.58 Å². The van der Waals surface area contributed by atoms with Crippen LogP contribution in [0.25, 0.3) is 28.2 Å². The first-order valence-corrected chi connectivity index (χ1v) is 6.24. The van der Waals surface area contributed by atoms with Crippen molar-refractivity contribution in [1.29, 1.82) is 0 Å². The topological polar surface area (TPSA) is 56.7 Å². The van der Waals surface area contributed by atoms with Crippen molar-refractivity contribution in [1.82, 2.24) is 20.2 Å². The molecule has 0 N–H and O–H groups in total. The number of hydrogen-bond donors (Lipinski definition) is 0. The standard InChI is InChI=1S/C15H10N4O/c1-2-7-12(8-3-1)19-15(16-17-18-19)14-10-11-6-4-5-9-13(11)20-14/h1-10H. The van der Waals surface area contributed by atoms with Crippen molar-refractivity contribution in [2.24, 2.45) is 0 Å². The van der Waals surface area contributed by atoms with E-state index in [4.69, 9.17) is 4.42 Å². The average molecular weight is 262 g/mol. The van der Waals surface area contributed by atoms with Crippen LogP contribution in [0.4, 0.5) is 0 Å². The van der Waals surface area contributed by atoms with Crippen LogP contribution in [0.3, 0.4) is 0 Å². The first-order valence-electron chi connectivity index (χ1n) is 6.24. The molecule has 0 saturated carbocycles. The molecule has 0 bridgehead atoms. The van der Waals surface area contributed by atoms with Crippen molar-refractivity contribution in [2.75, 3.05) is 0 Å². The largest absolute Gasteiger partial charge is 0.453 e. The van der Waals surface area contributed by atoms with E-state index in [2.05, 4.69) is 15.5 Å². The summed E-state index contributed by atoms with van der Waals surface area (Å²) >= 11 is 0. The lowest BCUT2D eigenvalue weighted by Gasteiger charge is -2.01. The molecule has 0 unspecified atom stereocenters. The third-order valence-corrected chi connectivity index (χ3v) is 3.12. The fourth-order valence-corrected chi connectivity index (χ4v) is 2.18. The molecule has 0 fully saturated rings. The summed E-state index contributed by atoms with van der Waals surface area (Å²) in [5.74, 6) is 1.24. The fourth-order valence-electron chi connectivity index (χ4n) is 2.18. The number of hydrogen-bond acceptors (Lipinski definition) is 4. The molecule has 2 aromatic heterocycles. The van der Waals surface area contributed by atoms with Gasteiger partial charge in [-0.15, -0.1) is 5.10 Å². The summed E-state index contributed by atoms with van der Waals surface area (Å²) in [5, 5.41) is 12.9. The summed E-state index contributed by atoms with van der Waals surface area (Å²) in [5.41, 5.74) is 1.72. The zero-order chi connectivity index (χ0) is 13.4. The Bertz CT molecular complexity index is 831. The number of fused-ring (bicyclic) bond motifs is 1. The summed E-state index contributed by atoms with van der Waals surface area (Å²) in [6.45, 7) is 0. The number of aromatic nitrogens is 4. The van der Waals surface area contributed by atoms with Crippen LogP contribution < -0.4 is 0 Å². The Morgan fingerprint density at radius 1 is 0.900 bits per heavy atom. The molecule has 96 valence electrons. The Labute approximate surface area is 114 Å². The van der Waals surface area contributed by atoms with Crippen molar-refractivity contribution >= 4 is 11.0 Å². The predicted molar refractivity (Wildman–Crippen MR) is 74.4 cm³/mol. The van der Waals surface area contributed by atoms with E-state index < -0.39 is 0 Å². The lowest BCUT2D eigenvalue weighted by Crippen LogP contribution is -1.98. The molecule has 0 atom stereocenters. The van der Waals surface area contributed by atoms with Gasteiger partial charge in [0.05, 0.1) is 5.69 Å². The van der Waals surface area contributed by atoms with Crippen LogP contribution in [0, 0.1) is 0 Å². The SMILES string of the molecule is c1ccc(-n2nnnc2-c2cc3ccccc3o2)cc1. The van der Waals surface area contributed by atoms with Gasteiger partial charge < -0.3 is 4.42 Å². The molecule has 2 heterocycles. The molecule has 4 aromatic rings. The first kappa shape index (κ1) is 10.9. The second kappa shape index (κ2) is 4.31. The van der Waals surface area contributed by atoms with Crippen LogP contribution in [0.5, 0.6) is 0 Å². The van der Waals surface area contributed by atoms with Gasteiger partial charge in [0.15, 0.2) is 5.76 Å².